The van der Waals surface area contributed by atoms with E-state index in [1.807, 2.05) is 0 Å². The van der Waals surface area contributed by atoms with E-state index in [1.54, 1.807) is 0 Å². The highest BCUT2D eigenvalue weighted by Crippen LogP contribution is 2.29. The molecule has 90 valence electrons. The summed E-state index contributed by atoms with van der Waals surface area (Å²) >= 11 is 5.66. The zero-order valence-corrected chi connectivity index (χ0v) is 9.14. The molecule has 0 heterocycles. The van der Waals surface area contributed by atoms with Gasteiger partial charge in [-0.3, -0.25) is 0 Å². The Morgan fingerprint density at radius 2 is 2.06 bits per heavy atom. The van der Waals surface area contributed by atoms with Gasteiger partial charge < -0.3 is 9.84 Å². The molecule has 0 saturated heterocycles. The largest absolute Gasteiger partial charge is 0.484 e. The minimum atomic E-state index is -4.41. The monoisotopic (exact) mass is 254 g/mol. The molecule has 0 bridgehead atoms. The van der Waals surface area contributed by atoms with E-state index in [0.29, 0.717) is 5.02 Å². The summed E-state index contributed by atoms with van der Waals surface area (Å²) in [4.78, 5) is 0. The number of aliphatic hydroxyl groups is 1. The van der Waals surface area contributed by atoms with Crippen LogP contribution in [0.3, 0.4) is 0 Å². The van der Waals surface area contributed by atoms with Crippen molar-refractivity contribution in [2.45, 2.75) is 19.2 Å². The summed E-state index contributed by atoms with van der Waals surface area (Å²) in [7, 11) is 0. The van der Waals surface area contributed by atoms with Gasteiger partial charge in [-0.15, -0.1) is 0 Å². The maximum Gasteiger partial charge on any atom is 0.422 e. The molecule has 0 fully saturated rings. The van der Waals surface area contributed by atoms with E-state index in [4.69, 9.17) is 11.6 Å². The smallest absolute Gasteiger partial charge is 0.422 e. The van der Waals surface area contributed by atoms with E-state index < -0.39 is 18.9 Å². The third-order valence-electron chi connectivity index (χ3n) is 1.81. The third-order valence-corrected chi connectivity index (χ3v) is 2.05. The lowest BCUT2D eigenvalue weighted by Gasteiger charge is -2.14. The Balaban J connectivity index is 2.87. The predicted octanol–water partition coefficient (Wildman–Crippen LogP) is 3.33. The van der Waals surface area contributed by atoms with Gasteiger partial charge in [0, 0.05) is 10.6 Å². The van der Waals surface area contributed by atoms with Crippen LogP contribution < -0.4 is 4.74 Å². The molecule has 1 aromatic carbocycles. The van der Waals surface area contributed by atoms with E-state index >= 15 is 0 Å². The number of hydrogen-bond donors (Lipinski definition) is 1. The minimum Gasteiger partial charge on any atom is -0.484 e. The van der Waals surface area contributed by atoms with Gasteiger partial charge in [-0.25, -0.2) is 0 Å². The van der Waals surface area contributed by atoms with E-state index in [-0.39, 0.29) is 11.3 Å². The zero-order chi connectivity index (χ0) is 12.3. The van der Waals surface area contributed by atoms with Crippen molar-refractivity contribution in [3.05, 3.63) is 28.8 Å². The topological polar surface area (TPSA) is 29.5 Å². The van der Waals surface area contributed by atoms with Gasteiger partial charge in [0.05, 0.1) is 6.10 Å². The Bertz CT molecular complexity index is 364. The number of hydrogen-bond acceptors (Lipinski definition) is 2. The summed E-state index contributed by atoms with van der Waals surface area (Å²) < 4.78 is 40.4. The van der Waals surface area contributed by atoms with Gasteiger partial charge in [-0.1, -0.05) is 11.6 Å². The Morgan fingerprint density at radius 3 is 2.56 bits per heavy atom. The molecule has 1 N–H and O–H groups in total. The summed E-state index contributed by atoms with van der Waals surface area (Å²) in [5, 5.41) is 9.67. The molecule has 6 heteroatoms. The SMILES string of the molecule is C[C@H](O)c1cc(Cl)ccc1OCC(F)(F)F. The molecule has 0 aromatic heterocycles. The van der Waals surface area contributed by atoms with Gasteiger partial charge in [0.2, 0.25) is 0 Å². The molecule has 1 atom stereocenters. The summed E-state index contributed by atoms with van der Waals surface area (Å²) in [5.41, 5.74) is 0.233. The first-order valence-corrected chi connectivity index (χ1v) is 4.84. The van der Waals surface area contributed by atoms with E-state index in [2.05, 4.69) is 4.74 Å². The number of halogens is 4. The number of alkyl halides is 3. The number of benzene rings is 1. The van der Waals surface area contributed by atoms with Crippen LogP contribution in [0.1, 0.15) is 18.6 Å². The highest BCUT2D eigenvalue weighted by Gasteiger charge is 2.29. The predicted molar refractivity (Wildman–Crippen MR) is 53.6 cm³/mol. The van der Waals surface area contributed by atoms with Crippen molar-refractivity contribution in [2.75, 3.05) is 6.61 Å². The number of ether oxygens (including phenoxy) is 1. The summed E-state index contributed by atoms with van der Waals surface area (Å²) in [6.07, 6.45) is -5.35. The second-order valence-electron chi connectivity index (χ2n) is 3.26. The molecular weight excluding hydrogens is 245 g/mol. The van der Waals surface area contributed by atoms with Crippen LogP contribution in [-0.4, -0.2) is 17.9 Å². The lowest BCUT2D eigenvalue weighted by atomic mass is 10.1. The number of aliphatic hydroxyl groups excluding tert-OH is 1. The van der Waals surface area contributed by atoms with Crippen molar-refractivity contribution in [3.63, 3.8) is 0 Å². The Morgan fingerprint density at radius 1 is 1.44 bits per heavy atom. The van der Waals surface area contributed by atoms with Gasteiger partial charge in [0.15, 0.2) is 6.61 Å². The quantitative estimate of drug-likeness (QED) is 0.896. The first-order valence-electron chi connectivity index (χ1n) is 4.46. The van der Waals surface area contributed by atoms with E-state index in [0.717, 1.165) is 0 Å². The highest BCUT2D eigenvalue weighted by atomic mass is 35.5. The van der Waals surface area contributed by atoms with Crippen LogP contribution in [0.25, 0.3) is 0 Å². The molecule has 16 heavy (non-hydrogen) atoms. The first-order chi connectivity index (χ1) is 7.29. The van der Waals surface area contributed by atoms with Gasteiger partial charge in [-0.2, -0.15) is 13.2 Å². The maximum absolute atomic E-state index is 11.9. The van der Waals surface area contributed by atoms with Gasteiger partial charge in [0.25, 0.3) is 0 Å². The van der Waals surface area contributed by atoms with Crippen molar-refractivity contribution in [1.82, 2.24) is 0 Å². The summed E-state index contributed by atoms with van der Waals surface area (Å²) in [6.45, 7) is 0.0282. The molecule has 0 spiro atoms. The van der Waals surface area contributed by atoms with Crippen molar-refractivity contribution in [2.24, 2.45) is 0 Å². The lowest BCUT2D eigenvalue weighted by Crippen LogP contribution is -2.19. The Kier molecular flexibility index (Phi) is 4.04. The van der Waals surface area contributed by atoms with E-state index in [9.17, 15) is 18.3 Å². The lowest BCUT2D eigenvalue weighted by molar-refractivity contribution is -0.153. The average Bonchev–Trinajstić information content (AvgIpc) is 2.14. The van der Waals surface area contributed by atoms with Crippen LogP contribution in [-0.2, 0) is 0 Å². The summed E-state index contributed by atoms with van der Waals surface area (Å²) in [5.74, 6) is -0.0169. The molecule has 1 rings (SSSR count). The molecule has 0 radical (unpaired) electrons. The van der Waals surface area contributed by atoms with Gasteiger partial charge in [0.1, 0.15) is 5.75 Å². The molecule has 2 nitrogen and oxygen atoms in total. The van der Waals surface area contributed by atoms with Crippen LogP contribution in [0.2, 0.25) is 5.02 Å². The normalized spacial score (nSPS) is 13.6. The third kappa shape index (κ3) is 3.90. The zero-order valence-electron chi connectivity index (χ0n) is 8.38. The van der Waals surface area contributed by atoms with Crippen molar-refractivity contribution >= 4 is 11.6 Å². The van der Waals surface area contributed by atoms with Gasteiger partial charge >= 0.3 is 6.18 Å². The molecule has 1 aromatic rings. The fraction of sp³-hybridized carbons (Fsp3) is 0.400. The van der Waals surface area contributed by atoms with Crippen LogP contribution in [0.4, 0.5) is 13.2 Å². The maximum atomic E-state index is 11.9. The fourth-order valence-electron chi connectivity index (χ4n) is 1.14. The van der Waals surface area contributed by atoms with Crippen LogP contribution >= 0.6 is 11.6 Å². The average molecular weight is 255 g/mol. The standard InChI is InChI=1S/C10H10ClF3O2/c1-6(15)8-4-7(11)2-3-9(8)16-5-10(12,13)14/h2-4,6,15H,5H2,1H3/t6-/m0/s1. The molecule has 0 aliphatic carbocycles. The van der Waals surface area contributed by atoms with Crippen LogP contribution in [0.5, 0.6) is 5.75 Å². The van der Waals surface area contributed by atoms with E-state index in [1.165, 1.54) is 25.1 Å². The summed E-state index contributed by atoms with van der Waals surface area (Å²) in [6, 6.07) is 4.08. The molecular formula is C10H10ClF3O2. The Hall–Kier alpha value is -0.940. The number of rotatable bonds is 3. The van der Waals surface area contributed by atoms with Crippen LogP contribution in [0.15, 0.2) is 18.2 Å². The molecule has 0 amide bonds. The molecule has 0 aliphatic heterocycles. The van der Waals surface area contributed by atoms with Crippen LogP contribution in [0, 0.1) is 0 Å². The molecule has 0 aliphatic rings. The molecule has 0 saturated carbocycles. The van der Waals surface area contributed by atoms with Crippen molar-refractivity contribution in [3.8, 4) is 5.75 Å². The molecule has 0 unspecified atom stereocenters. The first kappa shape index (κ1) is 13.1. The minimum absolute atomic E-state index is 0.0169. The van der Waals surface area contributed by atoms with Crippen molar-refractivity contribution in [1.29, 1.82) is 0 Å². The second-order valence-corrected chi connectivity index (χ2v) is 3.70. The van der Waals surface area contributed by atoms with Gasteiger partial charge in [-0.05, 0) is 25.1 Å². The highest BCUT2D eigenvalue weighted by molar-refractivity contribution is 6.30. The fourth-order valence-corrected chi connectivity index (χ4v) is 1.32. The second kappa shape index (κ2) is 4.93. The Labute approximate surface area is 95.6 Å². The van der Waals surface area contributed by atoms with Crippen molar-refractivity contribution < 1.29 is 23.0 Å².